The molecule has 0 radical (unpaired) electrons. The van der Waals surface area contributed by atoms with Gasteiger partial charge in [-0.1, -0.05) is 53.2 Å². The molecule has 0 saturated carbocycles. The van der Waals surface area contributed by atoms with E-state index in [1.165, 1.54) is 0 Å². The number of benzene rings is 2. The molecule has 0 fully saturated rings. The zero-order valence-corrected chi connectivity index (χ0v) is 11.7. The summed E-state index contributed by atoms with van der Waals surface area (Å²) in [6.07, 6.45) is 0. The van der Waals surface area contributed by atoms with E-state index in [9.17, 15) is 9.70 Å². The Morgan fingerprint density at radius 3 is 2.38 bits per heavy atom. The number of hydrogen-bond donors (Lipinski definition) is 1. The molecule has 6 heteroatoms. The Morgan fingerprint density at radius 1 is 1.05 bits per heavy atom. The van der Waals surface area contributed by atoms with Crippen LogP contribution in [0, 0.1) is 4.91 Å². The second-order valence-corrected chi connectivity index (χ2v) is 4.54. The number of halogens is 1. The predicted molar refractivity (Wildman–Crippen MR) is 82.6 cm³/mol. The van der Waals surface area contributed by atoms with Crippen LogP contribution in [0.5, 0.6) is 0 Å². The SMILES string of the molecule is O=NCC(=NNC(=O)c1ccccc1)c1ccccc1Cl. The quantitative estimate of drug-likeness (QED) is 0.523. The summed E-state index contributed by atoms with van der Waals surface area (Å²) in [7, 11) is 0. The van der Waals surface area contributed by atoms with Gasteiger partial charge in [0, 0.05) is 16.1 Å². The molecule has 106 valence electrons. The number of nitrogens with one attached hydrogen (secondary N) is 1. The number of carbonyl (C=O) groups is 1. The molecule has 1 amide bonds. The number of carbonyl (C=O) groups excluding carboxylic acids is 1. The molecule has 21 heavy (non-hydrogen) atoms. The second kappa shape index (κ2) is 7.31. The minimum absolute atomic E-state index is 0.182. The average Bonchev–Trinajstić information content (AvgIpc) is 2.53. The average molecular weight is 302 g/mol. The molecular weight excluding hydrogens is 290 g/mol. The van der Waals surface area contributed by atoms with Crippen LogP contribution in [0.15, 0.2) is 64.9 Å². The zero-order valence-electron chi connectivity index (χ0n) is 11.0. The largest absolute Gasteiger partial charge is 0.271 e. The van der Waals surface area contributed by atoms with Crippen molar-refractivity contribution in [3.05, 3.63) is 75.7 Å². The Hall–Kier alpha value is -2.53. The summed E-state index contributed by atoms with van der Waals surface area (Å²) in [5.74, 6) is -0.369. The predicted octanol–water partition coefficient (Wildman–Crippen LogP) is 3.24. The van der Waals surface area contributed by atoms with Crippen LogP contribution in [-0.2, 0) is 0 Å². The minimum atomic E-state index is -0.369. The highest BCUT2D eigenvalue weighted by Gasteiger charge is 2.10. The van der Waals surface area contributed by atoms with Gasteiger partial charge in [-0.05, 0) is 18.2 Å². The number of hydrogen-bond acceptors (Lipinski definition) is 4. The van der Waals surface area contributed by atoms with Gasteiger partial charge in [0.2, 0.25) is 0 Å². The number of amides is 1. The van der Waals surface area contributed by atoms with Crippen LogP contribution in [0.3, 0.4) is 0 Å². The number of rotatable bonds is 5. The van der Waals surface area contributed by atoms with Crippen LogP contribution < -0.4 is 5.43 Å². The van der Waals surface area contributed by atoms with Crippen molar-refractivity contribution in [3.63, 3.8) is 0 Å². The lowest BCUT2D eigenvalue weighted by atomic mass is 10.1. The maximum atomic E-state index is 11.9. The van der Waals surface area contributed by atoms with E-state index in [-0.39, 0.29) is 12.5 Å². The Morgan fingerprint density at radius 2 is 1.71 bits per heavy atom. The van der Waals surface area contributed by atoms with E-state index >= 15 is 0 Å². The first-order valence-corrected chi connectivity index (χ1v) is 6.56. The van der Waals surface area contributed by atoms with E-state index in [0.29, 0.717) is 21.9 Å². The first kappa shape index (κ1) is 14.9. The van der Waals surface area contributed by atoms with Crippen LogP contribution >= 0.6 is 11.6 Å². The standard InChI is InChI=1S/C15H12ClN3O2/c16-13-9-5-4-8-12(13)14(10-17-21)18-19-15(20)11-6-2-1-3-7-11/h1-9H,10H2,(H,19,20). The van der Waals surface area contributed by atoms with Crippen molar-refractivity contribution in [2.45, 2.75) is 0 Å². The highest BCUT2D eigenvalue weighted by Crippen LogP contribution is 2.16. The highest BCUT2D eigenvalue weighted by atomic mass is 35.5. The lowest BCUT2D eigenvalue weighted by Gasteiger charge is -2.06. The van der Waals surface area contributed by atoms with E-state index in [2.05, 4.69) is 15.7 Å². The molecule has 0 atom stereocenters. The van der Waals surface area contributed by atoms with E-state index in [4.69, 9.17) is 11.6 Å². The summed E-state index contributed by atoms with van der Waals surface area (Å²) in [5, 5.41) is 7.21. The molecule has 0 saturated heterocycles. The van der Waals surface area contributed by atoms with Gasteiger partial charge in [0.05, 0.1) is 5.71 Å². The molecule has 0 unspecified atom stereocenters. The minimum Gasteiger partial charge on any atom is -0.267 e. The second-order valence-electron chi connectivity index (χ2n) is 4.13. The van der Waals surface area contributed by atoms with Gasteiger partial charge >= 0.3 is 0 Å². The third-order valence-electron chi connectivity index (χ3n) is 2.73. The summed E-state index contributed by atoms with van der Waals surface area (Å²) in [6, 6.07) is 15.6. The van der Waals surface area contributed by atoms with Crippen LogP contribution in [-0.4, -0.2) is 18.2 Å². The van der Waals surface area contributed by atoms with Crippen LogP contribution in [0.2, 0.25) is 5.02 Å². The Bertz CT molecular complexity index is 672. The fraction of sp³-hybridized carbons (Fsp3) is 0.0667. The summed E-state index contributed by atoms with van der Waals surface area (Å²) in [6.45, 7) is -0.182. The van der Waals surface area contributed by atoms with Crippen molar-refractivity contribution in [3.8, 4) is 0 Å². The Balaban J connectivity index is 2.21. The van der Waals surface area contributed by atoms with Crippen LogP contribution in [0.1, 0.15) is 15.9 Å². The maximum absolute atomic E-state index is 11.9. The Labute approximate surface area is 126 Å². The van der Waals surface area contributed by atoms with Gasteiger partial charge in [-0.25, -0.2) is 5.43 Å². The molecule has 0 aromatic heterocycles. The molecule has 0 spiro atoms. The molecular formula is C15H12ClN3O2. The fourth-order valence-corrected chi connectivity index (χ4v) is 1.95. The van der Waals surface area contributed by atoms with Crippen molar-refractivity contribution >= 4 is 23.2 Å². The lowest BCUT2D eigenvalue weighted by Crippen LogP contribution is -2.21. The molecule has 2 aromatic carbocycles. The van der Waals surface area contributed by atoms with Crippen LogP contribution in [0.4, 0.5) is 0 Å². The number of nitrogens with zero attached hydrogens (tertiary/aromatic N) is 2. The van der Waals surface area contributed by atoms with Crippen molar-refractivity contribution in [1.82, 2.24) is 5.43 Å². The summed E-state index contributed by atoms with van der Waals surface area (Å²) in [5.41, 5.74) is 3.74. The van der Waals surface area contributed by atoms with Gasteiger partial charge < -0.3 is 0 Å². The third-order valence-corrected chi connectivity index (χ3v) is 3.06. The number of nitroso groups, excluding NO2 is 1. The molecule has 2 rings (SSSR count). The zero-order chi connectivity index (χ0) is 15.1. The highest BCUT2D eigenvalue weighted by molar-refractivity contribution is 6.34. The Kier molecular flexibility index (Phi) is 5.17. The first-order chi connectivity index (χ1) is 10.2. The van der Waals surface area contributed by atoms with Crippen molar-refractivity contribution in [2.24, 2.45) is 10.3 Å². The number of hydrazone groups is 1. The van der Waals surface area contributed by atoms with Gasteiger partial charge in [0.1, 0.15) is 6.54 Å². The fourth-order valence-electron chi connectivity index (χ4n) is 1.71. The monoisotopic (exact) mass is 301 g/mol. The van der Waals surface area contributed by atoms with Crippen LogP contribution in [0.25, 0.3) is 0 Å². The molecule has 0 bridgehead atoms. The topological polar surface area (TPSA) is 70.9 Å². The smallest absolute Gasteiger partial charge is 0.267 e. The van der Waals surface area contributed by atoms with Gasteiger partial charge in [-0.3, -0.25) is 4.79 Å². The van der Waals surface area contributed by atoms with E-state index < -0.39 is 0 Å². The normalized spacial score (nSPS) is 11.0. The lowest BCUT2D eigenvalue weighted by molar-refractivity contribution is 0.0955. The molecule has 1 N–H and O–H groups in total. The molecule has 0 aliphatic heterocycles. The van der Waals surface area contributed by atoms with Crippen molar-refractivity contribution in [2.75, 3.05) is 6.54 Å². The van der Waals surface area contributed by atoms with Gasteiger partial charge in [-0.2, -0.15) is 10.0 Å². The molecule has 5 nitrogen and oxygen atoms in total. The van der Waals surface area contributed by atoms with Gasteiger partial charge in [-0.15, -0.1) is 0 Å². The summed E-state index contributed by atoms with van der Waals surface area (Å²) >= 11 is 6.05. The van der Waals surface area contributed by atoms with Gasteiger partial charge in [0.15, 0.2) is 0 Å². The third kappa shape index (κ3) is 3.97. The van der Waals surface area contributed by atoms with Crippen molar-refractivity contribution < 1.29 is 4.79 Å². The van der Waals surface area contributed by atoms with E-state index in [0.717, 1.165) is 0 Å². The van der Waals surface area contributed by atoms with E-state index in [1.807, 2.05) is 6.07 Å². The van der Waals surface area contributed by atoms with Crippen molar-refractivity contribution in [1.29, 1.82) is 0 Å². The van der Waals surface area contributed by atoms with Gasteiger partial charge in [0.25, 0.3) is 5.91 Å². The summed E-state index contributed by atoms with van der Waals surface area (Å²) in [4.78, 5) is 22.4. The van der Waals surface area contributed by atoms with E-state index in [1.54, 1.807) is 48.5 Å². The summed E-state index contributed by atoms with van der Waals surface area (Å²) < 4.78 is 0. The molecule has 0 aliphatic carbocycles. The maximum Gasteiger partial charge on any atom is 0.271 e. The molecule has 0 heterocycles. The molecule has 0 aliphatic rings. The first-order valence-electron chi connectivity index (χ1n) is 6.18. The molecule has 2 aromatic rings.